The van der Waals surface area contributed by atoms with Gasteiger partial charge in [0.2, 0.25) is 5.90 Å². The molecule has 0 saturated carbocycles. The van der Waals surface area contributed by atoms with E-state index in [0.29, 0.717) is 27.9 Å². The Balaban J connectivity index is 1.63. The maximum atomic E-state index is 12.9. The first-order valence-corrected chi connectivity index (χ1v) is 10.0. The van der Waals surface area contributed by atoms with E-state index in [1.54, 1.807) is 30.8 Å². The maximum Gasteiger partial charge on any atom is 0.327 e. The summed E-state index contributed by atoms with van der Waals surface area (Å²) in [5.41, 5.74) is -0.0608. The summed E-state index contributed by atoms with van der Waals surface area (Å²) in [4.78, 5) is 29.1. The number of halogens is 1. The second-order valence-corrected chi connectivity index (χ2v) is 8.38. The van der Waals surface area contributed by atoms with Gasteiger partial charge in [0.25, 0.3) is 5.91 Å². The minimum atomic E-state index is -1.29. The highest BCUT2D eigenvalue weighted by molar-refractivity contribution is 6.31. The number of benzene rings is 1. The lowest BCUT2D eigenvalue weighted by molar-refractivity contribution is -0.143. The molecule has 2 aliphatic heterocycles. The number of hydrogen-bond acceptors (Lipinski definition) is 6. The highest BCUT2D eigenvalue weighted by Gasteiger charge is 2.43. The number of aliphatic imine (C=N–C) groups is 1. The summed E-state index contributed by atoms with van der Waals surface area (Å²) in [7, 11) is 1.80. The third-order valence-electron chi connectivity index (χ3n) is 5.64. The Hall–Kier alpha value is -2.78. The van der Waals surface area contributed by atoms with Gasteiger partial charge in [-0.15, -0.1) is 0 Å². The molecule has 30 heavy (non-hydrogen) atoms. The van der Waals surface area contributed by atoms with E-state index in [2.05, 4.69) is 15.6 Å². The van der Waals surface area contributed by atoms with Gasteiger partial charge in [0.05, 0.1) is 16.5 Å². The van der Waals surface area contributed by atoms with Crippen LogP contribution in [0.5, 0.6) is 5.75 Å². The number of carboxylic acid groups (broad SMARTS) is 1. The molecule has 4 N–H and O–H groups in total. The topological polar surface area (TPSA) is 125 Å². The number of nitrogens with one attached hydrogen (secondary N) is 2. The molecular weight excluding hydrogens is 412 g/mol. The lowest BCUT2D eigenvalue weighted by Gasteiger charge is -2.25. The second kappa shape index (κ2) is 7.48. The van der Waals surface area contributed by atoms with E-state index in [4.69, 9.17) is 16.3 Å². The van der Waals surface area contributed by atoms with Gasteiger partial charge in [-0.05, 0) is 38.4 Å². The fourth-order valence-corrected chi connectivity index (χ4v) is 4.21. The quantitative estimate of drug-likeness (QED) is 0.563. The van der Waals surface area contributed by atoms with Crippen LogP contribution in [-0.2, 0) is 21.4 Å². The molecular formula is C20H23ClN4O5. The number of amides is 1. The molecule has 2 aromatic rings. The zero-order chi connectivity index (χ0) is 21.6. The summed E-state index contributed by atoms with van der Waals surface area (Å²) in [5.74, 6) is -1.42. The van der Waals surface area contributed by atoms with Crippen molar-refractivity contribution in [2.24, 2.45) is 12.0 Å². The highest BCUT2D eigenvalue weighted by Crippen LogP contribution is 2.35. The Morgan fingerprint density at radius 3 is 2.90 bits per heavy atom. The van der Waals surface area contributed by atoms with Crippen molar-refractivity contribution in [3.63, 3.8) is 0 Å². The Morgan fingerprint density at radius 1 is 1.47 bits per heavy atom. The average Bonchev–Trinajstić information content (AvgIpc) is 3.40. The van der Waals surface area contributed by atoms with Crippen molar-refractivity contribution in [2.45, 2.75) is 37.4 Å². The summed E-state index contributed by atoms with van der Waals surface area (Å²) in [6, 6.07) is 1.79. The number of ether oxygens (including phenoxy) is 1. The molecule has 1 aromatic heterocycles. The first kappa shape index (κ1) is 20.5. The van der Waals surface area contributed by atoms with E-state index in [-0.39, 0.29) is 24.3 Å². The van der Waals surface area contributed by atoms with Crippen LogP contribution in [0.3, 0.4) is 0 Å². The third-order valence-corrected chi connectivity index (χ3v) is 5.86. The number of phenols is 1. The van der Waals surface area contributed by atoms with E-state index >= 15 is 0 Å². The number of carbonyl (C=O) groups excluding carboxylic acids is 1. The van der Waals surface area contributed by atoms with Crippen molar-refractivity contribution in [1.82, 2.24) is 15.2 Å². The Bertz CT molecular complexity index is 1060. The third kappa shape index (κ3) is 3.48. The van der Waals surface area contributed by atoms with Crippen LogP contribution in [0.2, 0.25) is 5.02 Å². The van der Waals surface area contributed by atoms with Gasteiger partial charge in [-0.2, -0.15) is 0 Å². The zero-order valence-corrected chi connectivity index (χ0v) is 17.4. The SMILES string of the molecule is Cn1cc(C2=N[C@](C)(C(=O)N[C@H](C(=O)O)[C@H]3CCCN3)CO2)c2c(O)cc(Cl)cc21. The van der Waals surface area contributed by atoms with Crippen LogP contribution in [0.15, 0.2) is 23.3 Å². The molecule has 0 radical (unpaired) electrons. The normalized spacial score (nSPS) is 24.5. The lowest BCUT2D eigenvalue weighted by atomic mass is 10.0. The first-order chi connectivity index (χ1) is 14.2. The number of rotatable bonds is 5. The fraction of sp³-hybridized carbons (Fsp3) is 0.450. The maximum absolute atomic E-state index is 12.9. The predicted octanol–water partition coefficient (Wildman–Crippen LogP) is 1.39. The van der Waals surface area contributed by atoms with Crippen molar-refractivity contribution in [1.29, 1.82) is 0 Å². The lowest BCUT2D eigenvalue weighted by Crippen LogP contribution is -2.57. The molecule has 1 amide bonds. The van der Waals surface area contributed by atoms with Gasteiger partial charge < -0.3 is 30.2 Å². The molecule has 160 valence electrons. The minimum Gasteiger partial charge on any atom is -0.507 e. The Kier molecular flexibility index (Phi) is 5.11. The largest absolute Gasteiger partial charge is 0.507 e. The Labute approximate surface area is 177 Å². The smallest absolute Gasteiger partial charge is 0.327 e. The average molecular weight is 435 g/mol. The van der Waals surface area contributed by atoms with E-state index < -0.39 is 23.5 Å². The molecule has 0 aliphatic carbocycles. The van der Waals surface area contributed by atoms with Crippen LogP contribution in [0, 0.1) is 0 Å². The molecule has 3 heterocycles. The number of hydrogen-bond donors (Lipinski definition) is 4. The molecule has 1 fully saturated rings. The number of phenolic OH excluding ortho intramolecular Hbond substituents is 1. The molecule has 3 atom stereocenters. The van der Waals surface area contributed by atoms with Gasteiger partial charge in [0.15, 0.2) is 5.54 Å². The summed E-state index contributed by atoms with van der Waals surface area (Å²) in [6.07, 6.45) is 3.28. The summed E-state index contributed by atoms with van der Waals surface area (Å²) in [6.45, 7) is 2.28. The van der Waals surface area contributed by atoms with Crippen LogP contribution < -0.4 is 10.6 Å². The van der Waals surface area contributed by atoms with Crippen LogP contribution >= 0.6 is 11.6 Å². The highest BCUT2D eigenvalue weighted by atomic mass is 35.5. The number of aryl methyl sites for hydroxylation is 1. The number of nitrogens with zero attached hydrogens (tertiary/aromatic N) is 2. The van der Waals surface area contributed by atoms with Crippen molar-refractivity contribution in [2.75, 3.05) is 13.2 Å². The van der Waals surface area contributed by atoms with Gasteiger partial charge >= 0.3 is 5.97 Å². The van der Waals surface area contributed by atoms with Crippen molar-refractivity contribution in [3.8, 4) is 5.75 Å². The molecule has 9 nitrogen and oxygen atoms in total. The van der Waals surface area contributed by atoms with E-state index in [1.165, 1.54) is 6.07 Å². The van der Waals surface area contributed by atoms with Gasteiger partial charge in [0, 0.05) is 24.3 Å². The van der Waals surface area contributed by atoms with E-state index in [0.717, 1.165) is 13.0 Å². The number of aromatic hydroxyl groups is 1. The zero-order valence-electron chi connectivity index (χ0n) is 16.6. The molecule has 0 bridgehead atoms. The monoisotopic (exact) mass is 434 g/mol. The van der Waals surface area contributed by atoms with Crippen LogP contribution in [0.1, 0.15) is 25.3 Å². The molecule has 10 heteroatoms. The molecule has 2 aliphatic rings. The summed E-state index contributed by atoms with van der Waals surface area (Å²) >= 11 is 6.04. The first-order valence-electron chi connectivity index (χ1n) is 9.67. The van der Waals surface area contributed by atoms with Crippen LogP contribution in [0.4, 0.5) is 0 Å². The number of aromatic nitrogens is 1. The standard InChI is InChI=1S/C20H23ClN4O5/c1-20(19(29)23-16(18(27)28)12-4-3-5-22-12)9-30-17(24-20)11-8-25(2)13-6-10(21)7-14(26)15(11)13/h6-8,12,16,22,26H,3-5,9H2,1-2H3,(H,23,29)(H,27,28)/t12-,16+,20+/m1/s1. The fourth-order valence-electron chi connectivity index (χ4n) is 4.00. The minimum absolute atomic E-state index is 0.0179. The Morgan fingerprint density at radius 2 is 2.23 bits per heavy atom. The van der Waals surface area contributed by atoms with Crippen molar-refractivity contribution >= 4 is 40.3 Å². The number of fused-ring (bicyclic) bond motifs is 1. The van der Waals surface area contributed by atoms with Crippen LogP contribution in [0.25, 0.3) is 10.9 Å². The number of carboxylic acids is 1. The van der Waals surface area contributed by atoms with Gasteiger partial charge in [-0.25, -0.2) is 9.79 Å². The number of aliphatic carboxylic acids is 1. The van der Waals surface area contributed by atoms with E-state index in [9.17, 15) is 19.8 Å². The predicted molar refractivity (Wildman–Crippen MR) is 111 cm³/mol. The van der Waals surface area contributed by atoms with Gasteiger partial charge in [0.1, 0.15) is 18.4 Å². The molecule has 0 unspecified atom stereocenters. The van der Waals surface area contributed by atoms with Crippen molar-refractivity contribution < 1.29 is 24.5 Å². The summed E-state index contributed by atoms with van der Waals surface area (Å²) in [5, 5.41) is 26.6. The molecule has 4 rings (SSSR count). The second-order valence-electron chi connectivity index (χ2n) is 7.94. The molecule has 1 aromatic carbocycles. The van der Waals surface area contributed by atoms with Crippen LogP contribution in [-0.4, -0.2) is 63.3 Å². The molecule has 1 saturated heterocycles. The molecule has 0 spiro atoms. The van der Waals surface area contributed by atoms with Crippen molar-refractivity contribution in [3.05, 3.63) is 28.9 Å². The van der Waals surface area contributed by atoms with E-state index in [1.807, 2.05) is 0 Å². The summed E-state index contributed by atoms with van der Waals surface area (Å²) < 4.78 is 7.50. The number of carbonyl (C=O) groups is 2. The van der Waals surface area contributed by atoms with Gasteiger partial charge in [-0.1, -0.05) is 11.6 Å². The van der Waals surface area contributed by atoms with Gasteiger partial charge in [-0.3, -0.25) is 4.79 Å².